The Labute approximate surface area is 98.1 Å². The highest BCUT2D eigenvalue weighted by Gasteiger charge is 2.19. The van der Waals surface area contributed by atoms with Gasteiger partial charge in [-0.25, -0.2) is 0 Å². The Morgan fingerprint density at radius 1 is 1.19 bits per heavy atom. The van der Waals surface area contributed by atoms with Crippen LogP contribution in [0.5, 0.6) is 0 Å². The molecule has 0 aliphatic rings. The van der Waals surface area contributed by atoms with Crippen LogP contribution in [0, 0.1) is 0 Å². The van der Waals surface area contributed by atoms with Crippen LogP contribution in [-0.2, 0) is 6.54 Å². The van der Waals surface area contributed by atoms with Gasteiger partial charge in [0.25, 0.3) is 0 Å². The van der Waals surface area contributed by atoms with E-state index in [0.29, 0.717) is 0 Å². The van der Waals surface area contributed by atoms with Gasteiger partial charge in [-0.15, -0.1) is 0 Å². The predicted octanol–water partition coefficient (Wildman–Crippen LogP) is 0.587. The molecule has 3 nitrogen and oxygen atoms in total. The first-order valence-corrected chi connectivity index (χ1v) is 5.66. The van der Waals surface area contributed by atoms with Crippen molar-refractivity contribution >= 4 is 5.69 Å². The summed E-state index contributed by atoms with van der Waals surface area (Å²) >= 11 is 0. The van der Waals surface area contributed by atoms with E-state index in [2.05, 4.69) is 34.5 Å². The van der Waals surface area contributed by atoms with Gasteiger partial charge in [0.15, 0.2) is 0 Å². The lowest BCUT2D eigenvalue weighted by atomic mass is 10.1. The van der Waals surface area contributed by atoms with E-state index < -0.39 is 0 Å². The van der Waals surface area contributed by atoms with Crippen molar-refractivity contribution < 1.29 is 10.4 Å². The lowest BCUT2D eigenvalue weighted by Crippen LogP contribution is -2.95. The van der Waals surface area contributed by atoms with Gasteiger partial charge < -0.3 is 15.3 Å². The average molecular weight is 223 g/mol. The quantitative estimate of drug-likeness (QED) is 0.767. The molecule has 0 amide bonds. The van der Waals surface area contributed by atoms with Crippen molar-refractivity contribution in [3.63, 3.8) is 0 Å². The molecule has 0 saturated carbocycles. The topological polar surface area (TPSA) is 40.1 Å². The Bertz CT molecular complexity index is 317. The molecule has 0 aliphatic carbocycles. The first kappa shape index (κ1) is 13.0. The molecule has 0 unspecified atom stereocenters. The lowest BCUT2D eigenvalue weighted by Gasteiger charge is -2.20. The highest BCUT2D eigenvalue weighted by atomic mass is 16.3. The molecule has 0 atom stereocenters. The largest absolute Gasteiger partial charge is 0.390 e. The van der Waals surface area contributed by atoms with Crippen LogP contribution in [0.15, 0.2) is 24.3 Å². The molecule has 1 aromatic carbocycles. The summed E-state index contributed by atoms with van der Waals surface area (Å²) in [5.74, 6) is 0. The minimum Gasteiger partial charge on any atom is -0.390 e. The molecule has 0 fully saturated rings. The number of benzene rings is 1. The molecule has 90 valence electrons. The van der Waals surface area contributed by atoms with Gasteiger partial charge in [-0.1, -0.05) is 12.1 Å². The molecule has 1 rings (SSSR count). The number of nitrogens with zero attached hydrogens (tertiary/aromatic N) is 1. The van der Waals surface area contributed by atoms with Crippen molar-refractivity contribution in [1.29, 1.82) is 0 Å². The number of anilines is 1. The molecule has 0 radical (unpaired) electrons. The van der Waals surface area contributed by atoms with Crippen LogP contribution in [0.3, 0.4) is 0 Å². The van der Waals surface area contributed by atoms with Gasteiger partial charge in [0.1, 0.15) is 12.1 Å². The fourth-order valence-corrected chi connectivity index (χ4v) is 1.39. The SMILES string of the molecule is CN(C)c1ccc(C[NH2+]C(C)(C)CO)cc1. The first-order chi connectivity index (χ1) is 7.44. The monoisotopic (exact) mass is 223 g/mol. The Morgan fingerprint density at radius 2 is 1.75 bits per heavy atom. The average Bonchev–Trinajstić information content (AvgIpc) is 2.27. The summed E-state index contributed by atoms with van der Waals surface area (Å²) in [6, 6.07) is 8.52. The van der Waals surface area contributed by atoms with Crippen LogP contribution >= 0.6 is 0 Å². The minimum absolute atomic E-state index is 0.0970. The second kappa shape index (κ2) is 5.32. The molecule has 3 heteroatoms. The lowest BCUT2D eigenvalue weighted by molar-refractivity contribution is -0.736. The van der Waals surface area contributed by atoms with Gasteiger partial charge in [0.2, 0.25) is 0 Å². The number of hydrogen-bond donors (Lipinski definition) is 2. The second-order valence-corrected chi connectivity index (χ2v) is 5.12. The summed E-state index contributed by atoms with van der Waals surface area (Å²) in [4.78, 5) is 2.09. The standard InChI is InChI=1S/C13H22N2O/c1-13(2,10-16)14-9-11-5-7-12(8-6-11)15(3)4/h5-8,14,16H,9-10H2,1-4H3/p+1. The summed E-state index contributed by atoms with van der Waals surface area (Å²) in [5, 5.41) is 11.3. The maximum Gasteiger partial charge on any atom is 0.114 e. The Balaban J connectivity index is 2.56. The van der Waals surface area contributed by atoms with Crippen molar-refractivity contribution in [3.05, 3.63) is 29.8 Å². The van der Waals surface area contributed by atoms with E-state index >= 15 is 0 Å². The van der Waals surface area contributed by atoms with E-state index in [-0.39, 0.29) is 12.1 Å². The Hall–Kier alpha value is -1.06. The molecule has 1 aromatic rings. The van der Waals surface area contributed by atoms with Gasteiger partial charge in [-0.05, 0) is 26.0 Å². The van der Waals surface area contributed by atoms with Crippen molar-refractivity contribution in [1.82, 2.24) is 0 Å². The number of hydrogen-bond acceptors (Lipinski definition) is 2. The van der Waals surface area contributed by atoms with E-state index in [0.717, 1.165) is 6.54 Å². The summed E-state index contributed by atoms with van der Waals surface area (Å²) in [6.07, 6.45) is 0. The summed E-state index contributed by atoms with van der Waals surface area (Å²) in [7, 11) is 4.08. The number of aliphatic hydroxyl groups excluding tert-OH is 1. The number of rotatable bonds is 5. The van der Waals surface area contributed by atoms with Crippen LogP contribution < -0.4 is 10.2 Å². The fourth-order valence-electron chi connectivity index (χ4n) is 1.39. The van der Waals surface area contributed by atoms with Gasteiger partial charge >= 0.3 is 0 Å². The van der Waals surface area contributed by atoms with E-state index in [4.69, 9.17) is 5.11 Å². The van der Waals surface area contributed by atoms with Crippen LogP contribution in [0.1, 0.15) is 19.4 Å². The van der Waals surface area contributed by atoms with Gasteiger partial charge in [-0.3, -0.25) is 0 Å². The van der Waals surface area contributed by atoms with Gasteiger partial charge in [-0.2, -0.15) is 0 Å². The zero-order valence-corrected chi connectivity index (χ0v) is 10.7. The highest BCUT2D eigenvalue weighted by Crippen LogP contribution is 2.11. The van der Waals surface area contributed by atoms with Crippen molar-refractivity contribution in [2.24, 2.45) is 0 Å². The second-order valence-electron chi connectivity index (χ2n) is 5.12. The third kappa shape index (κ3) is 3.83. The van der Waals surface area contributed by atoms with Crippen LogP contribution in [-0.4, -0.2) is 31.3 Å². The summed E-state index contributed by atoms with van der Waals surface area (Å²) in [5.41, 5.74) is 2.40. The van der Waals surface area contributed by atoms with Crippen molar-refractivity contribution in [2.75, 3.05) is 25.6 Å². The minimum atomic E-state index is -0.0970. The molecular formula is C13H23N2O+. The molecule has 0 heterocycles. The van der Waals surface area contributed by atoms with E-state index in [9.17, 15) is 0 Å². The predicted molar refractivity (Wildman–Crippen MR) is 67.6 cm³/mol. The van der Waals surface area contributed by atoms with E-state index in [1.165, 1.54) is 11.3 Å². The Kier molecular flexibility index (Phi) is 4.33. The molecule has 3 N–H and O–H groups in total. The summed E-state index contributed by atoms with van der Waals surface area (Å²) < 4.78 is 0. The van der Waals surface area contributed by atoms with Crippen LogP contribution in [0.4, 0.5) is 5.69 Å². The van der Waals surface area contributed by atoms with Crippen LogP contribution in [0.25, 0.3) is 0 Å². The normalized spacial score (nSPS) is 11.6. The number of nitrogens with two attached hydrogens (primary N) is 1. The van der Waals surface area contributed by atoms with Crippen molar-refractivity contribution in [3.8, 4) is 0 Å². The Morgan fingerprint density at radius 3 is 2.19 bits per heavy atom. The number of aliphatic hydroxyl groups is 1. The third-order valence-electron chi connectivity index (χ3n) is 2.75. The van der Waals surface area contributed by atoms with Gasteiger partial charge in [0, 0.05) is 25.3 Å². The van der Waals surface area contributed by atoms with Crippen LogP contribution in [0.2, 0.25) is 0 Å². The smallest absolute Gasteiger partial charge is 0.114 e. The summed E-state index contributed by atoms with van der Waals surface area (Å²) in [6.45, 7) is 5.19. The number of quaternary nitrogens is 1. The third-order valence-corrected chi connectivity index (χ3v) is 2.75. The maximum absolute atomic E-state index is 9.15. The molecule has 16 heavy (non-hydrogen) atoms. The van der Waals surface area contributed by atoms with E-state index in [1.54, 1.807) is 0 Å². The highest BCUT2D eigenvalue weighted by molar-refractivity contribution is 5.45. The molecular weight excluding hydrogens is 200 g/mol. The zero-order valence-electron chi connectivity index (χ0n) is 10.7. The molecule has 0 aromatic heterocycles. The fraction of sp³-hybridized carbons (Fsp3) is 0.538. The molecule has 0 aliphatic heterocycles. The molecule has 0 saturated heterocycles. The first-order valence-electron chi connectivity index (χ1n) is 5.66. The van der Waals surface area contributed by atoms with E-state index in [1.807, 2.05) is 27.9 Å². The maximum atomic E-state index is 9.15. The van der Waals surface area contributed by atoms with Crippen molar-refractivity contribution in [2.45, 2.75) is 25.9 Å². The van der Waals surface area contributed by atoms with Gasteiger partial charge in [0.05, 0.1) is 6.61 Å². The zero-order chi connectivity index (χ0) is 12.2. The molecule has 0 bridgehead atoms. The molecule has 0 spiro atoms.